The van der Waals surface area contributed by atoms with Crippen LogP contribution in [-0.2, 0) is 64.1 Å². The van der Waals surface area contributed by atoms with Gasteiger partial charge in [-0.15, -0.1) is 0 Å². The lowest BCUT2D eigenvalue weighted by molar-refractivity contribution is -0.140. The SMILES string of the molecule is CC[C@H](C)[C@@H]1NC(=O)[C@H](CC(C)C)NCOCC2(CCOCC2)NC(=O)CCSCc2cccc(n2)CSCC(C(=O)N[C@@H](CCCCNC(=O)CN2CCN(CC(=O)O)CCN(CC(=O)O)CCN(CC(=O)O)CC2)C(N)=O)NC1=O. The van der Waals surface area contributed by atoms with Crippen LogP contribution < -0.4 is 37.6 Å². The fourth-order valence-electron chi connectivity index (χ4n) is 9.60. The number of fused-ring (bicyclic) bond motifs is 2. The van der Waals surface area contributed by atoms with Gasteiger partial charge in [0, 0.05) is 102 Å². The number of thioether (sulfide) groups is 2. The highest BCUT2D eigenvalue weighted by molar-refractivity contribution is 7.98. The number of carboxylic acids is 3. The summed E-state index contributed by atoms with van der Waals surface area (Å²) < 4.78 is 11.8. The van der Waals surface area contributed by atoms with E-state index in [4.69, 9.17) is 20.2 Å². The van der Waals surface area contributed by atoms with Gasteiger partial charge in [0.25, 0.3) is 0 Å². The maximum Gasteiger partial charge on any atom is 0.317 e. The van der Waals surface area contributed by atoms with E-state index in [9.17, 15) is 58.5 Å². The molecule has 3 aliphatic heterocycles. The van der Waals surface area contributed by atoms with E-state index < -0.39 is 71.2 Å². The number of unbranched alkanes of at least 4 members (excludes halogenated alkanes) is 1. The monoisotopic (exact) mass is 1190 g/mol. The molecule has 2 saturated heterocycles. The number of nitrogens with one attached hydrogen (secondary N) is 6. The van der Waals surface area contributed by atoms with E-state index in [0.717, 1.165) is 11.4 Å². The first-order valence-corrected chi connectivity index (χ1v) is 30.8. The molecule has 4 heterocycles. The molecule has 2 fully saturated rings. The van der Waals surface area contributed by atoms with Crippen molar-refractivity contribution in [3.05, 3.63) is 29.6 Å². The Morgan fingerprint density at radius 1 is 0.780 bits per heavy atom. The Kier molecular flexibility index (Phi) is 31.4. The molecule has 1 spiro atoms. The molecule has 0 aliphatic carbocycles. The summed E-state index contributed by atoms with van der Waals surface area (Å²) in [5, 5.41) is 46.5. The highest BCUT2D eigenvalue weighted by Gasteiger charge is 2.36. The number of rotatable bonds is 20. The van der Waals surface area contributed by atoms with Crippen LogP contribution >= 0.6 is 23.5 Å². The third-order valence-electron chi connectivity index (χ3n) is 14.5. The third-order valence-corrected chi connectivity index (χ3v) is 16.6. The molecular weight excluding hydrogens is 1100 g/mol. The van der Waals surface area contributed by atoms with E-state index in [2.05, 4.69) is 31.9 Å². The molecule has 11 N–H and O–H groups in total. The summed E-state index contributed by atoms with van der Waals surface area (Å²) in [5.41, 5.74) is 6.76. The van der Waals surface area contributed by atoms with Crippen LogP contribution in [0.15, 0.2) is 18.2 Å². The van der Waals surface area contributed by atoms with Crippen LogP contribution in [0.4, 0.5) is 0 Å². The summed E-state index contributed by atoms with van der Waals surface area (Å²) in [6.45, 7) is 10.0. The van der Waals surface area contributed by atoms with Gasteiger partial charge in [-0.1, -0.05) is 40.2 Å². The van der Waals surface area contributed by atoms with Gasteiger partial charge >= 0.3 is 17.9 Å². The summed E-state index contributed by atoms with van der Waals surface area (Å²) in [7, 11) is 0. The van der Waals surface area contributed by atoms with Crippen molar-refractivity contribution in [1.82, 2.24) is 56.5 Å². The number of hydrogen-bond acceptors (Lipinski definition) is 19. The van der Waals surface area contributed by atoms with Crippen molar-refractivity contribution < 1.29 is 67.9 Å². The fraction of sp³-hybridized carbons (Fsp3) is 0.741. The van der Waals surface area contributed by atoms with Crippen molar-refractivity contribution in [1.29, 1.82) is 0 Å². The van der Waals surface area contributed by atoms with Gasteiger partial charge in [0.2, 0.25) is 35.4 Å². The fourth-order valence-corrected chi connectivity index (χ4v) is 11.4. The number of carbonyl (C=O) groups is 9. The lowest BCUT2D eigenvalue weighted by Crippen LogP contribution is -2.60. The minimum absolute atomic E-state index is 0.00391. The Hall–Kier alpha value is -5.20. The molecule has 462 valence electrons. The number of primary amides is 1. The van der Waals surface area contributed by atoms with Crippen molar-refractivity contribution in [2.75, 3.05) is 123 Å². The second-order valence-corrected chi connectivity index (χ2v) is 23.9. The number of aromatic nitrogens is 1. The molecule has 0 saturated carbocycles. The minimum atomic E-state index is -1.18. The standard InChI is InChI=1S/C54H90N12O14S2/c1-5-38(4)49-53(78)60-43(34-82-33-40-10-8-9-39(58-40)32-81-26-12-44(67)62-54(13-24-79-25-14-54)35-80-36-57-42(27-37(2)3)51(76)61-49)52(77)59-41(50(55)75)11-6-7-15-56-45(68)28-63-16-18-64(29-46(69)70)20-22-66(31-48(73)74)23-21-65(19-17-63)30-47(71)72/h8-10,37-38,41-43,49,57H,5-7,11-36H2,1-4H3,(H2,55,75)(H,56,68)(H,59,77)(H,60,78)(H,61,76)(H,62,67)(H,69,70)(H,71,72)(H,73,74)/t38-,41-,42-,43?,49-/m0/s1. The van der Waals surface area contributed by atoms with Crippen LogP contribution in [-0.4, -0.2) is 246 Å². The molecule has 2 bridgehead atoms. The zero-order chi connectivity index (χ0) is 60.0. The van der Waals surface area contributed by atoms with Crippen molar-refractivity contribution >= 4 is 76.9 Å². The smallest absolute Gasteiger partial charge is 0.317 e. The van der Waals surface area contributed by atoms with E-state index in [0.29, 0.717) is 75.4 Å². The molecule has 6 amide bonds. The van der Waals surface area contributed by atoms with E-state index in [1.807, 2.05) is 45.9 Å². The largest absolute Gasteiger partial charge is 0.480 e. The van der Waals surface area contributed by atoms with Crippen molar-refractivity contribution in [3.8, 4) is 0 Å². The zero-order valence-electron chi connectivity index (χ0n) is 48.2. The second kappa shape index (κ2) is 37.2. The van der Waals surface area contributed by atoms with Crippen molar-refractivity contribution in [2.45, 2.75) is 120 Å². The second-order valence-electron chi connectivity index (χ2n) is 21.8. The molecule has 1 unspecified atom stereocenters. The van der Waals surface area contributed by atoms with Gasteiger partial charge in [-0.25, -0.2) is 0 Å². The van der Waals surface area contributed by atoms with Crippen LogP contribution in [0.1, 0.15) is 90.4 Å². The average Bonchev–Trinajstić information content (AvgIpc) is 3.54. The lowest BCUT2D eigenvalue weighted by atomic mass is 9.90. The number of hydrogen-bond donors (Lipinski definition) is 10. The van der Waals surface area contributed by atoms with Crippen LogP contribution in [0.25, 0.3) is 0 Å². The highest BCUT2D eigenvalue weighted by atomic mass is 32.2. The van der Waals surface area contributed by atoms with Gasteiger partial charge in [-0.2, -0.15) is 23.5 Å². The number of carboxylic acid groups (broad SMARTS) is 3. The summed E-state index contributed by atoms with van der Waals surface area (Å²) >= 11 is 2.93. The lowest BCUT2D eigenvalue weighted by Gasteiger charge is -2.38. The first-order valence-electron chi connectivity index (χ1n) is 28.5. The normalized spacial score (nSPS) is 22.6. The van der Waals surface area contributed by atoms with E-state index in [-0.39, 0.29) is 134 Å². The molecule has 0 radical (unpaired) electrons. The predicted molar refractivity (Wildman–Crippen MR) is 309 cm³/mol. The van der Waals surface area contributed by atoms with E-state index >= 15 is 0 Å². The van der Waals surface area contributed by atoms with E-state index in [1.165, 1.54) is 11.8 Å². The minimum Gasteiger partial charge on any atom is -0.480 e. The Bertz CT molecular complexity index is 2200. The Morgan fingerprint density at radius 2 is 1.34 bits per heavy atom. The van der Waals surface area contributed by atoms with Gasteiger partial charge < -0.3 is 57.1 Å². The molecule has 82 heavy (non-hydrogen) atoms. The quantitative estimate of drug-likeness (QED) is 0.0725. The maximum atomic E-state index is 14.4. The van der Waals surface area contributed by atoms with Gasteiger partial charge in [-0.3, -0.25) is 73.1 Å². The first kappa shape index (κ1) is 69.3. The summed E-state index contributed by atoms with van der Waals surface area (Å²) in [6.07, 6.45) is 3.19. The van der Waals surface area contributed by atoms with Gasteiger partial charge in [0.05, 0.1) is 62.5 Å². The topological polar surface area (TPSA) is 357 Å². The number of amides is 6. The molecule has 1 aromatic heterocycles. The van der Waals surface area contributed by atoms with Crippen molar-refractivity contribution in [3.63, 3.8) is 0 Å². The zero-order valence-corrected chi connectivity index (χ0v) is 49.8. The van der Waals surface area contributed by atoms with Gasteiger partial charge in [-0.05, 0) is 62.5 Å². The molecule has 4 rings (SSSR count). The number of ether oxygens (including phenoxy) is 2. The summed E-state index contributed by atoms with van der Waals surface area (Å²) in [6, 6.07) is 1.52. The van der Waals surface area contributed by atoms with Crippen molar-refractivity contribution in [2.24, 2.45) is 17.6 Å². The average molecular weight is 1200 g/mol. The van der Waals surface area contributed by atoms with Crippen LogP contribution in [0, 0.1) is 11.8 Å². The third kappa shape index (κ3) is 27.0. The number of carbonyl (C=O) groups excluding carboxylic acids is 6. The molecule has 28 heteroatoms. The first-order chi connectivity index (χ1) is 39.1. The molecule has 1 aromatic rings. The Balaban J connectivity index is 1.44. The molecule has 5 atom stereocenters. The van der Waals surface area contributed by atoms with Gasteiger partial charge in [0.15, 0.2) is 0 Å². The summed E-state index contributed by atoms with van der Waals surface area (Å²) in [4.78, 5) is 129. The summed E-state index contributed by atoms with van der Waals surface area (Å²) in [5.74, 6) is -4.84. The maximum absolute atomic E-state index is 14.4. The van der Waals surface area contributed by atoms with Crippen LogP contribution in [0.2, 0.25) is 0 Å². The molecule has 0 aromatic carbocycles. The molecular formula is C54H90N12O14S2. The number of nitrogens with two attached hydrogens (primary N) is 1. The Labute approximate surface area is 490 Å². The van der Waals surface area contributed by atoms with Crippen LogP contribution in [0.3, 0.4) is 0 Å². The molecule has 3 aliphatic rings. The number of aliphatic carboxylic acids is 3. The van der Waals surface area contributed by atoms with E-state index in [1.54, 1.807) is 31.4 Å². The number of pyridine rings is 1. The van der Waals surface area contributed by atoms with Gasteiger partial charge in [0.1, 0.15) is 18.1 Å². The highest BCUT2D eigenvalue weighted by Crippen LogP contribution is 2.23. The molecule has 26 nitrogen and oxygen atoms in total. The Morgan fingerprint density at radius 3 is 1.88 bits per heavy atom. The van der Waals surface area contributed by atoms with Crippen LogP contribution in [0.5, 0.6) is 0 Å². The number of nitrogens with zero attached hydrogens (tertiary/aromatic N) is 5. The predicted octanol–water partition coefficient (Wildman–Crippen LogP) is -0.657.